The third kappa shape index (κ3) is 4.08. The first-order valence-electron chi connectivity index (χ1n) is 8.37. The van der Waals surface area contributed by atoms with Crippen LogP contribution in [-0.4, -0.2) is 12.6 Å². The molecule has 0 saturated heterocycles. The maximum atomic E-state index is 11.9. The third-order valence-corrected chi connectivity index (χ3v) is 4.52. The molecule has 0 radical (unpaired) electrons. The molecule has 3 aromatic rings. The van der Waals surface area contributed by atoms with E-state index in [0.29, 0.717) is 25.5 Å². The fourth-order valence-electron chi connectivity index (χ4n) is 2.81. The Kier molecular flexibility index (Phi) is 5.96. The van der Waals surface area contributed by atoms with E-state index >= 15 is 0 Å². The number of hydrogen-bond donors (Lipinski definition) is 1. The molecule has 26 heavy (non-hydrogen) atoms. The number of carbonyl (C=O) groups is 1. The SMILES string of the molecule is CCOC(=O)Cc1cccc(CN)c1OCc1coc2ccc(Br)cc12. The van der Waals surface area contributed by atoms with Crippen LogP contribution in [0.1, 0.15) is 23.6 Å². The zero-order chi connectivity index (χ0) is 18.5. The van der Waals surface area contributed by atoms with E-state index in [9.17, 15) is 4.79 Å². The average molecular weight is 418 g/mol. The van der Waals surface area contributed by atoms with Gasteiger partial charge in [0.1, 0.15) is 17.9 Å². The predicted molar refractivity (Wildman–Crippen MR) is 103 cm³/mol. The number of para-hydroxylation sites is 1. The van der Waals surface area contributed by atoms with Gasteiger partial charge in [0.15, 0.2) is 0 Å². The van der Waals surface area contributed by atoms with Crippen LogP contribution in [0.2, 0.25) is 0 Å². The average Bonchev–Trinajstić information content (AvgIpc) is 3.02. The van der Waals surface area contributed by atoms with Gasteiger partial charge in [0.2, 0.25) is 0 Å². The Morgan fingerprint density at radius 3 is 2.77 bits per heavy atom. The Labute approximate surface area is 160 Å². The van der Waals surface area contributed by atoms with Crippen LogP contribution in [0.15, 0.2) is 51.6 Å². The first-order valence-corrected chi connectivity index (χ1v) is 9.16. The number of ether oxygens (including phenoxy) is 2. The maximum absolute atomic E-state index is 11.9. The van der Waals surface area contributed by atoms with Crippen LogP contribution < -0.4 is 10.5 Å². The van der Waals surface area contributed by atoms with E-state index in [1.807, 2.05) is 36.4 Å². The topological polar surface area (TPSA) is 74.7 Å². The molecule has 0 fully saturated rings. The summed E-state index contributed by atoms with van der Waals surface area (Å²) in [7, 11) is 0. The van der Waals surface area contributed by atoms with Gasteiger partial charge < -0.3 is 19.6 Å². The number of rotatable bonds is 7. The quantitative estimate of drug-likeness (QED) is 0.578. The predicted octanol–water partition coefficient (Wildman–Crippen LogP) is 4.34. The van der Waals surface area contributed by atoms with E-state index in [1.165, 1.54) is 0 Å². The minimum absolute atomic E-state index is 0.148. The van der Waals surface area contributed by atoms with E-state index < -0.39 is 0 Å². The number of halogens is 1. The molecule has 0 aliphatic rings. The van der Waals surface area contributed by atoms with Crippen molar-refractivity contribution >= 4 is 32.9 Å². The van der Waals surface area contributed by atoms with Crippen molar-refractivity contribution in [3.05, 3.63) is 63.8 Å². The highest BCUT2D eigenvalue weighted by Crippen LogP contribution is 2.29. The molecule has 0 spiro atoms. The summed E-state index contributed by atoms with van der Waals surface area (Å²) in [6.07, 6.45) is 1.84. The zero-order valence-corrected chi connectivity index (χ0v) is 16.0. The van der Waals surface area contributed by atoms with Crippen molar-refractivity contribution in [2.45, 2.75) is 26.5 Å². The Balaban J connectivity index is 1.85. The van der Waals surface area contributed by atoms with Gasteiger partial charge in [-0.3, -0.25) is 4.79 Å². The Morgan fingerprint density at radius 2 is 2.00 bits per heavy atom. The molecule has 1 aromatic heterocycles. The summed E-state index contributed by atoms with van der Waals surface area (Å²) >= 11 is 3.47. The van der Waals surface area contributed by atoms with E-state index in [4.69, 9.17) is 19.6 Å². The Hall–Kier alpha value is -2.31. The van der Waals surface area contributed by atoms with E-state index in [1.54, 1.807) is 13.2 Å². The molecule has 0 saturated carbocycles. The summed E-state index contributed by atoms with van der Waals surface area (Å²) in [6, 6.07) is 11.4. The van der Waals surface area contributed by atoms with Crippen molar-refractivity contribution in [1.29, 1.82) is 0 Å². The van der Waals surface area contributed by atoms with Crippen molar-refractivity contribution in [3.63, 3.8) is 0 Å². The van der Waals surface area contributed by atoms with Gasteiger partial charge >= 0.3 is 5.97 Å². The van der Waals surface area contributed by atoms with Gasteiger partial charge in [-0.15, -0.1) is 0 Å². The first kappa shape index (κ1) is 18.5. The van der Waals surface area contributed by atoms with E-state index in [0.717, 1.165) is 32.1 Å². The number of nitrogens with two attached hydrogens (primary N) is 1. The highest BCUT2D eigenvalue weighted by molar-refractivity contribution is 9.10. The second-order valence-corrected chi connectivity index (χ2v) is 6.70. The largest absolute Gasteiger partial charge is 0.488 e. The van der Waals surface area contributed by atoms with Gasteiger partial charge in [0, 0.05) is 33.1 Å². The normalized spacial score (nSPS) is 10.9. The lowest BCUT2D eigenvalue weighted by Crippen LogP contribution is -2.11. The van der Waals surface area contributed by atoms with Gasteiger partial charge in [-0.1, -0.05) is 34.1 Å². The molecule has 2 N–H and O–H groups in total. The molecule has 0 aliphatic heterocycles. The van der Waals surface area contributed by atoms with Crippen molar-refractivity contribution in [3.8, 4) is 5.75 Å². The van der Waals surface area contributed by atoms with E-state index in [-0.39, 0.29) is 12.4 Å². The standard InChI is InChI=1S/C20H20BrNO4/c1-2-24-19(23)8-13-4-3-5-14(10-22)20(13)26-12-15-11-25-18-7-6-16(21)9-17(15)18/h3-7,9,11H,2,8,10,12,22H2,1H3. The molecule has 3 rings (SSSR count). The van der Waals surface area contributed by atoms with Crippen LogP contribution in [0.5, 0.6) is 5.75 Å². The lowest BCUT2D eigenvalue weighted by molar-refractivity contribution is -0.142. The minimum Gasteiger partial charge on any atom is -0.488 e. The van der Waals surface area contributed by atoms with Gasteiger partial charge in [0.25, 0.3) is 0 Å². The zero-order valence-electron chi connectivity index (χ0n) is 14.5. The number of hydrogen-bond acceptors (Lipinski definition) is 5. The molecular weight excluding hydrogens is 398 g/mol. The van der Waals surface area contributed by atoms with Gasteiger partial charge in [-0.2, -0.15) is 0 Å². The maximum Gasteiger partial charge on any atom is 0.310 e. The number of fused-ring (bicyclic) bond motifs is 1. The Morgan fingerprint density at radius 1 is 1.19 bits per heavy atom. The minimum atomic E-state index is -0.288. The van der Waals surface area contributed by atoms with Crippen LogP contribution in [0.3, 0.4) is 0 Å². The van der Waals surface area contributed by atoms with Crippen LogP contribution in [-0.2, 0) is 29.1 Å². The molecule has 0 unspecified atom stereocenters. The summed E-state index contributed by atoms with van der Waals surface area (Å²) in [4.78, 5) is 11.9. The fourth-order valence-corrected chi connectivity index (χ4v) is 3.17. The number of furan rings is 1. The highest BCUT2D eigenvalue weighted by Gasteiger charge is 2.15. The number of esters is 1. The van der Waals surface area contributed by atoms with Crippen LogP contribution in [0.25, 0.3) is 11.0 Å². The second-order valence-electron chi connectivity index (χ2n) is 5.78. The molecule has 136 valence electrons. The molecule has 6 heteroatoms. The lowest BCUT2D eigenvalue weighted by atomic mass is 10.1. The smallest absolute Gasteiger partial charge is 0.310 e. The summed E-state index contributed by atoms with van der Waals surface area (Å²) in [6.45, 7) is 2.77. The monoisotopic (exact) mass is 417 g/mol. The van der Waals surface area contributed by atoms with Crippen molar-refractivity contribution < 1.29 is 18.7 Å². The Bertz CT molecular complexity index is 919. The summed E-state index contributed by atoms with van der Waals surface area (Å²) < 4.78 is 17.7. The van der Waals surface area contributed by atoms with Gasteiger partial charge in [0.05, 0.1) is 19.3 Å². The van der Waals surface area contributed by atoms with Gasteiger partial charge in [-0.25, -0.2) is 0 Å². The van der Waals surface area contributed by atoms with Crippen LogP contribution in [0, 0.1) is 0 Å². The molecule has 2 aromatic carbocycles. The van der Waals surface area contributed by atoms with E-state index in [2.05, 4.69) is 15.9 Å². The molecule has 0 amide bonds. The molecule has 0 bridgehead atoms. The first-order chi connectivity index (χ1) is 12.6. The van der Waals surface area contributed by atoms with Crippen LogP contribution in [0.4, 0.5) is 0 Å². The van der Waals surface area contributed by atoms with Crippen LogP contribution >= 0.6 is 15.9 Å². The van der Waals surface area contributed by atoms with Crippen molar-refractivity contribution in [2.24, 2.45) is 5.73 Å². The molecular formula is C20H20BrNO4. The summed E-state index contributed by atoms with van der Waals surface area (Å²) in [5.41, 5.74) is 9.18. The summed E-state index contributed by atoms with van der Waals surface area (Å²) in [5.74, 6) is 0.344. The third-order valence-electron chi connectivity index (χ3n) is 4.03. The fraction of sp³-hybridized carbons (Fsp3) is 0.250. The van der Waals surface area contributed by atoms with Crippen molar-refractivity contribution in [2.75, 3.05) is 6.61 Å². The highest BCUT2D eigenvalue weighted by atomic mass is 79.9. The molecule has 5 nitrogen and oxygen atoms in total. The van der Waals surface area contributed by atoms with Crippen molar-refractivity contribution in [1.82, 2.24) is 0 Å². The lowest BCUT2D eigenvalue weighted by Gasteiger charge is -2.14. The number of benzene rings is 2. The molecule has 1 heterocycles. The van der Waals surface area contributed by atoms with Gasteiger partial charge in [-0.05, 0) is 25.1 Å². The molecule has 0 atom stereocenters. The summed E-state index contributed by atoms with van der Waals surface area (Å²) in [5, 5.41) is 0.983. The number of carbonyl (C=O) groups excluding carboxylic acids is 1. The second kappa shape index (κ2) is 8.38. The molecule has 0 aliphatic carbocycles.